The maximum Gasteiger partial charge on any atom is 0.263 e. The lowest BCUT2D eigenvalue weighted by Gasteiger charge is -2.21. The minimum Gasteiger partial charge on any atom is -0.486 e. The highest BCUT2D eigenvalue weighted by atomic mass is 19.3. The van der Waals surface area contributed by atoms with Gasteiger partial charge in [-0.1, -0.05) is 24.8 Å². The summed E-state index contributed by atoms with van der Waals surface area (Å²) in [4.78, 5) is 4.28. The Bertz CT molecular complexity index is 1180. The number of halogens is 3. The van der Waals surface area contributed by atoms with Gasteiger partial charge in [0.15, 0.2) is 0 Å². The summed E-state index contributed by atoms with van der Waals surface area (Å²) in [5.41, 5.74) is 2.94. The van der Waals surface area contributed by atoms with Crippen molar-refractivity contribution in [3.8, 4) is 5.75 Å². The first kappa shape index (κ1) is 27.0. The Kier molecular flexibility index (Phi) is 9.70. The number of alkyl halides is 2. The highest BCUT2D eigenvalue weighted by molar-refractivity contribution is 5.65. The van der Waals surface area contributed by atoms with Crippen LogP contribution in [0.2, 0.25) is 0 Å². The van der Waals surface area contributed by atoms with E-state index in [9.17, 15) is 13.2 Å². The molecular formula is C29H30F3NO3. The van der Waals surface area contributed by atoms with Gasteiger partial charge in [-0.3, -0.25) is 4.98 Å². The quantitative estimate of drug-likeness (QED) is 0.268. The third-order valence-electron chi connectivity index (χ3n) is 5.63. The number of benzene rings is 1. The van der Waals surface area contributed by atoms with Gasteiger partial charge < -0.3 is 14.6 Å². The summed E-state index contributed by atoms with van der Waals surface area (Å²) in [5, 5.41) is 9.05. The monoisotopic (exact) mass is 497 g/mol. The molecule has 0 aliphatic heterocycles. The molecule has 3 rings (SSSR count). The number of ether oxygens (including phenoxy) is 2. The van der Waals surface area contributed by atoms with E-state index in [-0.39, 0.29) is 30.1 Å². The van der Waals surface area contributed by atoms with Crippen LogP contribution in [0.1, 0.15) is 36.6 Å². The molecule has 2 aromatic rings. The number of aromatic nitrogens is 1. The van der Waals surface area contributed by atoms with Crippen LogP contribution in [0.4, 0.5) is 13.2 Å². The molecule has 4 nitrogen and oxygen atoms in total. The van der Waals surface area contributed by atoms with Crippen LogP contribution in [-0.4, -0.2) is 29.2 Å². The molecule has 190 valence electrons. The predicted octanol–water partition coefficient (Wildman–Crippen LogP) is 7.03. The van der Waals surface area contributed by atoms with Crippen LogP contribution in [0, 0.1) is 6.92 Å². The van der Waals surface area contributed by atoms with Crippen molar-refractivity contribution >= 4 is 5.57 Å². The molecule has 0 bridgehead atoms. The van der Waals surface area contributed by atoms with E-state index < -0.39 is 18.4 Å². The topological polar surface area (TPSA) is 51.6 Å². The zero-order chi connectivity index (χ0) is 26.1. The molecule has 1 unspecified atom stereocenters. The fraction of sp³-hybridized carbons (Fsp3) is 0.276. The third-order valence-corrected chi connectivity index (χ3v) is 5.63. The minimum atomic E-state index is -2.71. The maximum atomic E-state index is 14.5. The Morgan fingerprint density at radius 1 is 1.25 bits per heavy atom. The molecule has 36 heavy (non-hydrogen) atoms. The largest absolute Gasteiger partial charge is 0.486 e. The molecule has 0 amide bonds. The lowest BCUT2D eigenvalue weighted by Crippen LogP contribution is -2.18. The normalized spacial score (nSPS) is 16.5. The number of nitrogens with zero attached hydrogens (tertiary/aromatic N) is 1. The van der Waals surface area contributed by atoms with Gasteiger partial charge in [0.2, 0.25) is 0 Å². The lowest BCUT2D eigenvalue weighted by molar-refractivity contribution is 0.194. The molecule has 1 aromatic heterocycles. The first-order valence-electron chi connectivity index (χ1n) is 11.7. The molecule has 0 saturated heterocycles. The number of aryl methyl sites for hydroxylation is 2. The van der Waals surface area contributed by atoms with Crippen molar-refractivity contribution in [2.45, 2.75) is 45.6 Å². The summed E-state index contributed by atoms with van der Waals surface area (Å²) in [5.74, 6) is 0.585. The Hall–Kier alpha value is -3.58. The van der Waals surface area contributed by atoms with Gasteiger partial charge >= 0.3 is 0 Å². The highest BCUT2D eigenvalue weighted by Gasteiger charge is 2.20. The van der Waals surface area contributed by atoms with Gasteiger partial charge in [-0.05, 0) is 74.2 Å². The van der Waals surface area contributed by atoms with E-state index in [4.69, 9.17) is 14.6 Å². The maximum absolute atomic E-state index is 14.5. The Morgan fingerprint density at radius 2 is 2.06 bits per heavy atom. The molecule has 1 aromatic carbocycles. The SMILES string of the molecule is C=C(/C=C\C(OC1=CC(Oc2ccc(CCCO)c(C)c2)CC(F)=C1)=C(C)c1ccccn1)C(F)F. The van der Waals surface area contributed by atoms with Crippen molar-refractivity contribution in [1.29, 1.82) is 0 Å². The fourth-order valence-electron chi connectivity index (χ4n) is 3.63. The third kappa shape index (κ3) is 7.71. The number of allylic oxidation sites excluding steroid dienone is 5. The molecule has 0 saturated carbocycles. The van der Waals surface area contributed by atoms with Crippen molar-refractivity contribution in [1.82, 2.24) is 4.98 Å². The van der Waals surface area contributed by atoms with Crippen molar-refractivity contribution in [3.63, 3.8) is 0 Å². The zero-order valence-corrected chi connectivity index (χ0v) is 20.4. The highest BCUT2D eigenvalue weighted by Crippen LogP contribution is 2.29. The molecule has 1 aliphatic carbocycles. The number of aliphatic hydroxyl groups is 1. The van der Waals surface area contributed by atoms with E-state index in [1.807, 2.05) is 25.1 Å². The molecule has 1 atom stereocenters. The van der Waals surface area contributed by atoms with Gasteiger partial charge in [0.25, 0.3) is 6.43 Å². The van der Waals surface area contributed by atoms with Gasteiger partial charge in [0.05, 0.1) is 5.69 Å². The smallest absolute Gasteiger partial charge is 0.263 e. The van der Waals surface area contributed by atoms with Gasteiger partial charge in [0.1, 0.15) is 29.2 Å². The van der Waals surface area contributed by atoms with Crippen LogP contribution >= 0.6 is 0 Å². The summed E-state index contributed by atoms with van der Waals surface area (Å²) < 4.78 is 52.5. The molecule has 1 aliphatic rings. The van der Waals surface area contributed by atoms with E-state index >= 15 is 0 Å². The second-order valence-electron chi connectivity index (χ2n) is 8.45. The van der Waals surface area contributed by atoms with Crippen molar-refractivity contribution in [3.05, 3.63) is 113 Å². The Labute approximate surface area is 209 Å². The average Bonchev–Trinajstić information content (AvgIpc) is 2.85. The fourth-order valence-corrected chi connectivity index (χ4v) is 3.63. The van der Waals surface area contributed by atoms with Crippen LogP contribution in [0.15, 0.2) is 96.4 Å². The number of pyridine rings is 1. The zero-order valence-electron chi connectivity index (χ0n) is 20.4. The van der Waals surface area contributed by atoms with Crippen LogP contribution in [0.3, 0.4) is 0 Å². The predicted molar refractivity (Wildman–Crippen MR) is 135 cm³/mol. The standard InChI is InChI=1S/C29H30F3NO3/c1-19(29(31)32)9-12-28(21(3)27-8-4-5-13-33-27)36-26-17-23(30)16-25(18-26)35-24-11-10-22(7-6-14-34)20(2)15-24/h4-5,8-13,15,17-18,25,29,34H,1,6-7,14,16H2,2-3H3/b12-9-,28-21?. The number of aliphatic hydroxyl groups excluding tert-OH is 1. The van der Waals surface area contributed by atoms with Gasteiger partial charge in [0, 0.05) is 36.4 Å². The van der Waals surface area contributed by atoms with E-state index in [0.29, 0.717) is 23.4 Å². The molecule has 0 radical (unpaired) electrons. The van der Waals surface area contributed by atoms with E-state index in [2.05, 4.69) is 11.6 Å². The number of rotatable bonds is 11. The molecule has 0 fully saturated rings. The summed E-state index contributed by atoms with van der Waals surface area (Å²) in [6, 6.07) is 11.0. The summed E-state index contributed by atoms with van der Waals surface area (Å²) >= 11 is 0. The van der Waals surface area contributed by atoms with Gasteiger partial charge in [-0.25, -0.2) is 13.2 Å². The molecule has 7 heteroatoms. The van der Waals surface area contributed by atoms with Crippen molar-refractivity contribution in [2.24, 2.45) is 0 Å². The second kappa shape index (κ2) is 12.9. The van der Waals surface area contributed by atoms with Crippen LogP contribution in [0.5, 0.6) is 5.75 Å². The average molecular weight is 498 g/mol. The first-order chi connectivity index (χ1) is 17.3. The second-order valence-corrected chi connectivity index (χ2v) is 8.45. The van der Waals surface area contributed by atoms with E-state index in [0.717, 1.165) is 17.5 Å². The van der Waals surface area contributed by atoms with Crippen molar-refractivity contribution < 1.29 is 27.8 Å². The summed E-state index contributed by atoms with van der Waals surface area (Å²) in [6.45, 7) is 7.18. The molecule has 1 N–H and O–H groups in total. The molecular weight excluding hydrogens is 467 g/mol. The van der Waals surface area contributed by atoms with E-state index in [1.54, 1.807) is 37.4 Å². The van der Waals surface area contributed by atoms with Gasteiger partial charge in [-0.15, -0.1) is 0 Å². The Morgan fingerprint density at radius 3 is 2.72 bits per heavy atom. The number of hydrogen-bond donors (Lipinski definition) is 1. The molecule has 1 heterocycles. The van der Waals surface area contributed by atoms with Crippen LogP contribution in [0.25, 0.3) is 5.57 Å². The van der Waals surface area contributed by atoms with Gasteiger partial charge in [-0.2, -0.15) is 0 Å². The van der Waals surface area contributed by atoms with E-state index in [1.165, 1.54) is 18.2 Å². The Balaban J connectivity index is 1.84. The lowest BCUT2D eigenvalue weighted by atomic mass is 10.0. The molecule has 0 spiro atoms. The summed E-state index contributed by atoms with van der Waals surface area (Å²) in [7, 11) is 0. The first-order valence-corrected chi connectivity index (χ1v) is 11.7. The van der Waals surface area contributed by atoms with Crippen LogP contribution < -0.4 is 4.74 Å². The summed E-state index contributed by atoms with van der Waals surface area (Å²) in [6.07, 6.45) is 5.21. The minimum absolute atomic E-state index is 0.0362. The number of hydrogen-bond acceptors (Lipinski definition) is 4. The van der Waals surface area contributed by atoms with Crippen LogP contribution in [-0.2, 0) is 11.2 Å². The van der Waals surface area contributed by atoms with Crippen molar-refractivity contribution in [2.75, 3.05) is 6.61 Å².